The maximum atomic E-state index is 6.34. The van der Waals surface area contributed by atoms with Gasteiger partial charge < -0.3 is 10.6 Å². The Morgan fingerprint density at radius 3 is 2.52 bits per heavy atom. The Morgan fingerprint density at radius 2 is 1.81 bits per heavy atom. The number of nitrogens with two attached hydrogens (primary N) is 1. The van der Waals surface area contributed by atoms with Crippen LogP contribution in [0.2, 0.25) is 0 Å². The van der Waals surface area contributed by atoms with Gasteiger partial charge in [-0.2, -0.15) is 0 Å². The number of rotatable bonds is 3. The minimum absolute atomic E-state index is 0.789. The lowest BCUT2D eigenvalue weighted by Crippen LogP contribution is -2.11. The van der Waals surface area contributed by atoms with Gasteiger partial charge in [0.25, 0.3) is 0 Å². The van der Waals surface area contributed by atoms with E-state index in [1.807, 2.05) is 25.4 Å². The molecule has 0 aliphatic carbocycles. The van der Waals surface area contributed by atoms with E-state index in [-0.39, 0.29) is 0 Å². The molecule has 2 aromatic carbocycles. The lowest BCUT2D eigenvalue weighted by molar-refractivity contribution is 1.13. The fourth-order valence-corrected chi connectivity index (χ4v) is 2.57. The summed E-state index contributed by atoms with van der Waals surface area (Å²) in [6.07, 6.45) is 4.67. The summed E-state index contributed by atoms with van der Waals surface area (Å²) in [5, 5.41) is 2.10. The first-order valence-electron chi connectivity index (χ1n) is 7.15. The van der Waals surface area contributed by atoms with Crippen molar-refractivity contribution < 1.29 is 0 Å². The SMILES string of the molecule is CCc1ccc(N(C)c2ccc3cnccc3c2N)cc1. The molecule has 3 rings (SSSR count). The fourth-order valence-electron chi connectivity index (χ4n) is 2.57. The molecular formula is C18H19N3. The number of hydrogen-bond acceptors (Lipinski definition) is 3. The quantitative estimate of drug-likeness (QED) is 0.731. The van der Waals surface area contributed by atoms with Crippen LogP contribution < -0.4 is 10.6 Å². The summed E-state index contributed by atoms with van der Waals surface area (Å²) in [5.41, 5.74) is 10.6. The molecule has 2 N–H and O–H groups in total. The van der Waals surface area contributed by atoms with Crippen LogP contribution in [0.4, 0.5) is 17.1 Å². The van der Waals surface area contributed by atoms with Crippen molar-refractivity contribution in [2.75, 3.05) is 17.7 Å². The highest BCUT2D eigenvalue weighted by Crippen LogP contribution is 2.34. The average molecular weight is 277 g/mol. The number of pyridine rings is 1. The lowest BCUT2D eigenvalue weighted by Gasteiger charge is -2.22. The molecule has 0 radical (unpaired) electrons. The van der Waals surface area contributed by atoms with Gasteiger partial charge in [-0.3, -0.25) is 4.98 Å². The molecule has 3 nitrogen and oxygen atoms in total. The van der Waals surface area contributed by atoms with Gasteiger partial charge in [-0.15, -0.1) is 0 Å². The summed E-state index contributed by atoms with van der Waals surface area (Å²) >= 11 is 0. The van der Waals surface area contributed by atoms with Crippen LogP contribution in [0.25, 0.3) is 10.8 Å². The van der Waals surface area contributed by atoms with Gasteiger partial charge in [0, 0.05) is 35.9 Å². The molecule has 0 unspecified atom stereocenters. The van der Waals surface area contributed by atoms with Crippen LogP contribution in [0.3, 0.4) is 0 Å². The highest BCUT2D eigenvalue weighted by Gasteiger charge is 2.10. The monoisotopic (exact) mass is 277 g/mol. The van der Waals surface area contributed by atoms with Crippen molar-refractivity contribution in [3.05, 3.63) is 60.4 Å². The van der Waals surface area contributed by atoms with Gasteiger partial charge in [-0.25, -0.2) is 0 Å². The molecule has 106 valence electrons. The molecular weight excluding hydrogens is 258 g/mol. The van der Waals surface area contributed by atoms with Crippen LogP contribution >= 0.6 is 0 Å². The number of anilines is 3. The zero-order valence-electron chi connectivity index (χ0n) is 12.4. The van der Waals surface area contributed by atoms with Crippen LogP contribution in [0.1, 0.15) is 12.5 Å². The largest absolute Gasteiger partial charge is 0.397 e. The molecule has 1 aromatic heterocycles. The van der Waals surface area contributed by atoms with Gasteiger partial charge in [0.15, 0.2) is 0 Å². The number of nitrogen functional groups attached to an aromatic ring is 1. The van der Waals surface area contributed by atoms with Gasteiger partial charge in [0.05, 0.1) is 11.4 Å². The second-order valence-electron chi connectivity index (χ2n) is 5.17. The predicted octanol–water partition coefficient (Wildman–Crippen LogP) is 4.15. The Labute approximate surface area is 125 Å². The number of aryl methyl sites for hydroxylation is 1. The lowest BCUT2D eigenvalue weighted by atomic mass is 10.1. The van der Waals surface area contributed by atoms with Crippen molar-refractivity contribution in [1.82, 2.24) is 4.98 Å². The highest BCUT2D eigenvalue weighted by molar-refractivity contribution is 5.99. The molecule has 0 saturated heterocycles. The van der Waals surface area contributed by atoms with E-state index in [0.29, 0.717) is 0 Å². The maximum absolute atomic E-state index is 6.34. The van der Waals surface area contributed by atoms with Gasteiger partial charge in [-0.05, 0) is 36.2 Å². The third-order valence-corrected chi connectivity index (χ3v) is 3.93. The van der Waals surface area contributed by atoms with Gasteiger partial charge >= 0.3 is 0 Å². The van der Waals surface area contributed by atoms with Crippen LogP contribution in [0.5, 0.6) is 0 Å². The predicted molar refractivity (Wildman–Crippen MR) is 90.0 cm³/mol. The fraction of sp³-hybridized carbons (Fsp3) is 0.167. The van der Waals surface area contributed by atoms with Crippen molar-refractivity contribution in [1.29, 1.82) is 0 Å². The molecule has 0 amide bonds. The number of nitrogens with zero attached hydrogens (tertiary/aromatic N) is 2. The third kappa shape index (κ3) is 2.42. The van der Waals surface area contributed by atoms with Crippen molar-refractivity contribution in [3.63, 3.8) is 0 Å². The molecule has 21 heavy (non-hydrogen) atoms. The molecule has 3 heteroatoms. The number of hydrogen-bond donors (Lipinski definition) is 1. The van der Waals surface area contributed by atoms with E-state index in [4.69, 9.17) is 5.73 Å². The Kier molecular flexibility index (Phi) is 3.48. The average Bonchev–Trinajstić information content (AvgIpc) is 2.55. The van der Waals surface area contributed by atoms with E-state index in [0.717, 1.165) is 34.3 Å². The van der Waals surface area contributed by atoms with Crippen molar-refractivity contribution in [3.8, 4) is 0 Å². The van der Waals surface area contributed by atoms with Gasteiger partial charge in [0.1, 0.15) is 0 Å². The Balaban J connectivity index is 2.04. The normalized spacial score (nSPS) is 10.8. The van der Waals surface area contributed by atoms with Gasteiger partial charge in [0.2, 0.25) is 0 Å². The van der Waals surface area contributed by atoms with Crippen LogP contribution in [-0.4, -0.2) is 12.0 Å². The van der Waals surface area contributed by atoms with Crippen LogP contribution in [0, 0.1) is 0 Å². The van der Waals surface area contributed by atoms with E-state index in [1.54, 1.807) is 6.20 Å². The smallest absolute Gasteiger partial charge is 0.0648 e. The van der Waals surface area contributed by atoms with Gasteiger partial charge in [-0.1, -0.05) is 25.1 Å². The molecule has 0 fully saturated rings. The number of fused-ring (bicyclic) bond motifs is 1. The summed E-state index contributed by atoms with van der Waals surface area (Å²) in [4.78, 5) is 6.26. The van der Waals surface area contributed by atoms with Crippen molar-refractivity contribution >= 4 is 27.8 Å². The minimum Gasteiger partial charge on any atom is -0.397 e. The molecule has 0 aliphatic heterocycles. The minimum atomic E-state index is 0.789. The van der Waals surface area contributed by atoms with Crippen LogP contribution in [-0.2, 0) is 6.42 Å². The molecule has 0 atom stereocenters. The summed E-state index contributed by atoms with van der Waals surface area (Å²) in [6, 6.07) is 14.7. The molecule has 3 aromatic rings. The highest BCUT2D eigenvalue weighted by atomic mass is 15.1. The first-order chi connectivity index (χ1) is 10.2. The Morgan fingerprint density at radius 1 is 1.05 bits per heavy atom. The summed E-state index contributed by atoms with van der Waals surface area (Å²) in [7, 11) is 2.04. The molecule has 0 saturated carbocycles. The van der Waals surface area contributed by atoms with E-state index < -0.39 is 0 Å². The number of benzene rings is 2. The standard InChI is InChI=1S/C18H19N3/c1-3-13-4-7-15(8-5-13)21(2)17-9-6-14-12-20-11-10-16(14)18(17)19/h4-12H,3,19H2,1-2H3. The zero-order valence-corrected chi connectivity index (χ0v) is 12.4. The Hall–Kier alpha value is -2.55. The summed E-state index contributed by atoms with van der Waals surface area (Å²) in [5.74, 6) is 0. The summed E-state index contributed by atoms with van der Waals surface area (Å²) in [6.45, 7) is 2.16. The second kappa shape index (κ2) is 5.44. The van der Waals surface area contributed by atoms with Crippen molar-refractivity contribution in [2.24, 2.45) is 0 Å². The second-order valence-corrected chi connectivity index (χ2v) is 5.17. The number of aromatic nitrogens is 1. The Bertz CT molecular complexity index is 763. The molecule has 0 aliphatic rings. The third-order valence-electron chi connectivity index (χ3n) is 3.93. The van der Waals surface area contributed by atoms with Crippen LogP contribution in [0.15, 0.2) is 54.9 Å². The zero-order chi connectivity index (χ0) is 14.8. The van der Waals surface area contributed by atoms with E-state index in [1.165, 1.54) is 5.56 Å². The maximum Gasteiger partial charge on any atom is 0.0648 e. The van der Waals surface area contributed by atoms with E-state index >= 15 is 0 Å². The van der Waals surface area contributed by atoms with Crippen molar-refractivity contribution in [2.45, 2.75) is 13.3 Å². The summed E-state index contributed by atoms with van der Waals surface area (Å²) < 4.78 is 0. The first kappa shape index (κ1) is 13.4. The molecule has 0 bridgehead atoms. The molecule has 0 spiro atoms. The van der Waals surface area contributed by atoms with E-state index in [2.05, 4.69) is 47.1 Å². The molecule has 1 heterocycles. The first-order valence-corrected chi connectivity index (χ1v) is 7.15. The topological polar surface area (TPSA) is 42.2 Å². The van der Waals surface area contributed by atoms with E-state index in [9.17, 15) is 0 Å².